The average Bonchev–Trinajstić information content (AvgIpc) is 2.91. The minimum Gasteiger partial charge on any atom is -0.494 e. The van der Waals surface area contributed by atoms with Gasteiger partial charge in [0.25, 0.3) is 5.91 Å². The molecule has 36 heavy (non-hydrogen) atoms. The standard InChI is InChI=1S/C23H35FN4O7S/c1-2-3-17-34-20-6-4-19(5-7-20)26-13-15-28(16-14-26)36(32,33)23(21(29)25-31)8-11-27(12-9-23)22(30)35-18-10-24/h4-7,31H,2-3,8-18H2,1H3,(H,25,29). The van der Waals surface area contributed by atoms with Crippen molar-refractivity contribution in [3.05, 3.63) is 24.3 Å². The lowest BCUT2D eigenvalue weighted by Gasteiger charge is -2.43. The topological polar surface area (TPSA) is 129 Å². The summed E-state index contributed by atoms with van der Waals surface area (Å²) in [6.45, 7) is 2.56. The summed E-state index contributed by atoms with van der Waals surface area (Å²) >= 11 is 0. The number of benzene rings is 1. The van der Waals surface area contributed by atoms with Crippen LogP contribution in [0.2, 0.25) is 0 Å². The van der Waals surface area contributed by atoms with E-state index in [9.17, 15) is 27.6 Å². The van der Waals surface area contributed by atoms with Crippen molar-refractivity contribution in [1.82, 2.24) is 14.7 Å². The molecule has 0 spiro atoms. The highest BCUT2D eigenvalue weighted by Gasteiger charge is 2.55. The van der Waals surface area contributed by atoms with E-state index in [0.29, 0.717) is 19.7 Å². The summed E-state index contributed by atoms with van der Waals surface area (Å²) in [6, 6.07) is 7.65. The fraction of sp³-hybridized carbons (Fsp3) is 0.652. The van der Waals surface area contributed by atoms with Crippen molar-refractivity contribution in [3.8, 4) is 5.75 Å². The molecule has 0 bridgehead atoms. The Morgan fingerprint density at radius 3 is 2.25 bits per heavy atom. The monoisotopic (exact) mass is 530 g/mol. The zero-order valence-electron chi connectivity index (χ0n) is 20.5. The van der Waals surface area contributed by atoms with E-state index < -0.39 is 40.1 Å². The molecule has 0 aromatic heterocycles. The number of hydrogen-bond donors (Lipinski definition) is 2. The molecule has 0 aliphatic carbocycles. The van der Waals surface area contributed by atoms with Gasteiger partial charge in [-0.05, 0) is 43.5 Å². The van der Waals surface area contributed by atoms with Crippen LogP contribution in [-0.2, 0) is 19.6 Å². The van der Waals surface area contributed by atoms with Crippen LogP contribution in [0.4, 0.5) is 14.9 Å². The van der Waals surface area contributed by atoms with E-state index in [0.717, 1.165) is 24.3 Å². The molecule has 2 saturated heterocycles. The molecule has 0 radical (unpaired) electrons. The number of alkyl halides is 1. The highest BCUT2D eigenvalue weighted by Crippen LogP contribution is 2.35. The number of nitrogens with one attached hydrogen (secondary N) is 1. The third-order valence-electron chi connectivity index (χ3n) is 6.69. The number of rotatable bonds is 10. The van der Waals surface area contributed by atoms with Crippen LogP contribution in [-0.4, -0.2) is 98.7 Å². The van der Waals surface area contributed by atoms with Crippen LogP contribution in [0, 0.1) is 0 Å². The molecule has 0 unspecified atom stereocenters. The predicted molar refractivity (Wildman–Crippen MR) is 130 cm³/mol. The second-order valence-electron chi connectivity index (χ2n) is 8.81. The number of unbranched alkanes of at least 4 members (excludes halogenated alkanes) is 1. The first-order chi connectivity index (χ1) is 17.3. The molecule has 1 aromatic carbocycles. The van der Waals surface area contributed by atoms with Crippen molar-refractivity contribution in [1.29, 1.82) is 0 Å². The Hall–Kier alpha value is -2.64. The SMILES string of the molecule is CCCCOc1ccc(N2CCN(S(=O)(=O)C3(C(=O)NO)CCN(C(=O)OCCF)CC3)CC2)cc1. The molecule has 202 valence electrons. The molecule has 2 aliphatic rings. The van der Waals surface area contributed by atoms with Gasteiger partial charge in [0.2, 0.25) is 10.0 Å². The summed E-state index contributed by atoms with van der Waals surface area (Å²) in [7, 11) is -4.17. The summed E-state index contributed by atoms with van der Waals surface area (Å²) in [5.41, 5.74) is 2.45. The zero-order valence-corrected chi connectivity index (χ0v) is 21.3. The number of ether oxygens (including phenoxy) is 2. The van der Waals surface area contributed by atoms with Crippen LogP contribution in [0.3, 0.4) is 0 Å². The lowest BCUT2D eigenvalue weighted by Crippen LogP contribution is -2.64. The Morgan fingerprint density at radius 2 is 1.69 bits per heavy atom. The number of amides is 2. The Morgan fingerprint density at radius 1 is 1.06 bits per heavy atom. The number of carbonyl (C=O) groups excluding carboxylic acids is 2. The smallest absolute Gasteiger partial charge is 0.409 e. The number of piperazine rings is 1. The fourth-order valence-corrected chi connectivity index (χ4v) is 6.61. The number of hydroxylamine groups is 1. The molecule has 2 heterocycles. The summed E-state index contributed by atoms with van der Waals surface area (Å²) in [5.74, 6) is -0.245. The minimum absolute atomic E-state index is 0.0790. The van der Waals surface area contributed by atoms with Crippen LogP contribution in [0.5, 0.6) is 5.75 Å². The molecule has 11 nitrogen and oxygen atoms in total. The fourth-order valence-electron chi connectivity index (χ4n) is 4.49. The van der Waals surface area contributed by atoms with Crippen molar-refractivity contribution < 1.29 is 37.1 Å². The number of hydrogen-bond acceptors (Lipinski definition) is 8. The summed E-state index contributed by atoms with van der Waals surface area (Å²) in [6.07, 6.45) is 0.837. The first-order valence-corrected chi connectivity index (χ1v) is 13.6. The highest BCUT2D eigenvalue weighted by atomic mass is 32.2. The maximum atomic E-state index is 13.7. The van der Waals surface area contributed by atoms with Crippen LogP contribution in [0.1, 0.15) is 32.6 Å². The van der Waals surface area contributed by atoms with Crippen LogP contribution in [0.25, 0.3) is 0 Å². The Bertz CT molecular complexity index is 977. The highest BCUT2D eigenvalue weighted by molar-refractivity contribution is 7.91. The van der Waals surface area contributed by atoms with Crippen LogP contribution in [0.15, 0.2) is 24.3 Å². The van der Waals surface area contributed by atoms with Gasteiger partial charge in [0.1, 0.15) is 19.0 Å². The molecule has 2 fully saturated rings. The lowest BCUT2D eigenvalue weighted by molar-refractivity contribution is -0.133. The number of carbonyl (C=O) groups is 2. The second kappa shape index (κ2) is 12.5. The largest absolute Gasteiger partial charge is 0.494 e. The number of nitrogens with zero attached hydrogens (tertiary/aromatic N) is 3. The van der Waals surface area contributed by atoms with E-state index in [2.05, 4.69) is 11.8 Å². The first kappa shape index (κ1) is 27.9. The maximum Gasteiger partial charge on any atom is 0.409 e. The summed E-state index contributed by atoms with van der Waals surface area (Å²) in [4.78, 5) is 28.0. The van der Waals surface area contributed by atoms with E-state index in [-0.39, 0.29) is 39.0 Å². The van der Waals surface area contributed by atoms with Gasteiger partial charge in [0.05, 0.1) is 6.61 Å². The molecule has 0 saturated carbocycles. The number of piperidine rings is 1. The van der Waals surface area contributed by atoms with Gasteiger partial charge >= 0.3 is 6.09 Å². The van der Waals surface area contributed by atoms with E-state index in [1.807, 2.05) is 24.3 Å². The summed E-state index contributed by atoms with van der Waals surface area (Å²) in [5, 5.41) is 9.34. The van der Waals surface area contributed by atoms with Gasteiger partial charge in [-0.25, -0.2) is 23.1 Å². The number of sulfonamides is 1. The van der Waals surface area contributed by atoms with Crippen molar-refractivity contribution in [2.75, 3.05) is 64.1 Å². The van der Waals surface area contributed by atoms with Crippen LogP contribution < -0.4 is 15.1 Å². The number of halogens is 1. The van der Waals surface area contributed by atoms with Crippen molar-refractivity contribution in [3.63, 3.8) is 0 Å². The normalized spacial score (nSPS) is 18.5. The summed E-state index contributed by atoms with van der Waals surface area (Å²) < 4.78 is 49.4. The first-order valence-electron chi connectivity index (χ1n) is 12.2. The van der Waals surface area contributed by atoms with E-state index in [1.54, 1.807) is 0 Å². The second-order valence-corrected chi connectivity index (χ2v) is 11.1. The van der Waals surface area contributed by atoms with Crippen molar-refractivity contribution in [2.45, 2.75) is 37.4 Å². The molecule has 1 aromatic rings. The van der Waals surface area contributed by atoms with Gasteiger partial charge in [-0.15, -0.1) is 0 Å². The van der Waals surface area contributed by atoms with E-state index in [4.69, 9.17) is 9.47 Å². The molecule has 2 amide bonds. The molecule has 13 heteroatoms. The van der Waals surface area contributed by atoms with Crippen LogP contribution >= 0.6 is 0 Å². The predicted octanol–water partition coefficient (Wildman–Crippen LogP) is 1.76. The lowest BCUT2D eigenvalue weighted by atomic mass is 9.95. The number of likely N-dealkylation sites (tertiary alicyclic amines) is 1. The quantitative estimate of drug-likeness (QED) is 0.266. The maximum absolute atomic E-state index is 13.7. The molecule has 0 atom stereocenters. The minimum atomic E-state index is -4.17. The number of anilines is 1. The Labute approximate surface area is 211 Å². The third kappa shape index (κ3) is 6.01. The Balaban J connectivity index is 1.64. The molecule has 2 N–H and O–H groups in total. The van der Waals surface area contributed by atoms with Gasteiger partial charge in [0.15, 0.2) is 4.75 Å². The van der Waals surface area contributed by atoms with Crippen molar-refractivity contribution >= 4 is 27.7 Å². The average molecular weight is 531 g/mol. The van der Waals surface area contributed by atoms with E-state index >= 15 is 0 Å². The molecular formula is C23H35FN4O7S. The third-order valence-corrected chi connectivity index (χ3v) is 9.31. The van der Waals surface area contributed by atoms with Gasteiger partial charge in [-0.1, -0.05) is 13.3 Å². The van der Waals surface area contributed by atoms with Crippen molar-refractivity contribution in [2.24, 2.45) is 0 Å². The molecular weight excluding hydrogens is 495 g/mol. The van der Waals surface area contributed by atoms with Gasteiger partial charge in [0, 0.05) is 45.0 Å². The van der Waals surface area contributed by atoms with Gasteiger partial charge in [-0.3, -0.25) is 10.0 Å². The zero-order chi connectivity index (χ0) is 26.2. The van der Waals surface area contributed by atoms with E-state index in [1.165, 1.54) is 14.7 Å². The molecule has 2 aliphatic heterocycles. The van der Waals surface area contributed by atoms with Gasteiger partial charge < -0.3 is 19.3 Å². The van der Waals surface area contributed by atoms with Gasteiger partial charge in [-0.2, -0.15) is 4.31 Å². The Kier molecular flexibility index (Phi) is 9.74. The molecule has 3 rings (SSSR count).